The van der Waals surface area contributed by atoms with Gasteiger partial charge in [-0.05, 0) is 11.6 Å². The molecule has 1 aromatic heterocycles. The summed E-state index contributed by atoms with van der Waals surface area (Å²) in [4.78, 5) is 29.2. The van der Waals surface area contributed by atoms with Crippen molar-refractivity contribution in [3.63, 3.8) is 0 Å². The van der Waals surface area contributed by atoms with Gasteiger partial charge in [0, 0.05) is 18.3 Å². The van der Waals surface area contributed by atoms with Crippen molar-refractivity contribution in [2.24, 2.45) is 0 Å². The van der Waals surface area contributed by atoms with Crippen LogP contribution in [0.15, 0.2) is 42.6 Å². The molecule has 0 saturated heterocycles. The largest absolute Gasteiger partial charge is 0.356 e. The van der Waals surface area contributed by atoms with Crippen molar-refractivity contribution in [3.8, 4) is 0 Å². The number of benzene rings is 1. The van der Waals surface area contributed by atoms with E-state index in [0.717, 1.165) is 5.56 Å². The lowest BCUT2D eigenvalue weighted by atomic mass is 10.2. The fraction of sp³-hybridized carbons (Fsp3) is 0.133. The molecule has 20 heavy (non-hydrogen) atoms. The van der Waals surface area contributed by atoms with Gasteiger partial charge in [-0.3, -0.25) is 9.59 Å². The summed E-state index contributed by atoms with van der Waals surface area (Å²) >= 11 is 0. The van der Waals surface area contributed by atoms with E-state index in [1.165, 1.54) is 12.3 Å². The van der Waals surface area contributed by atoms with E-state index in [4.69, 9.17) is 6.57 Å². The van der Waals surface area contributed by atoms with Crippen molar-refractivity contribution < 1.29 is 9.59 Å². The van der Waals surface area contributed by atoms with Gasteiger partial charge in [-0.15, -0.1) is 0 Å². The fourth-order valence-electron chi connectivity index (χ4n) is 1.72. The molecule has 0 atom stereocenters. The maximum Gasteiger partial charge on any atom is 0.276 e. The summed E-state index contributed by atoms with van der Waals surface area (Å²) < 4.78 is 0. The molecule has 0 aliphatic rings. The van der Waals surface area contributed by atoms with Crippen LogP contribution in [-0.4, -0.2) is 23.2 Å². The van der Waals surface area contributed by atoms with Crippen molar-refractivity contribution in [3.05, 3.63) is 70.8 Å². The van der Waals surface area contributed by atoms with Gasteiger partial charge in [0.1, 0.15) is 5.69 Å². The van der Waals surface area contributed by atoms with Gasteiger partial charge in [0.15, 0.2) is 0 Å². The van der Waals surface area contributed by atoms with E-state index in [2.05, 4.69) is 15.1 Å². The molecular weight excluding hydrogens is 254 g/mol. The van der Waals surface area contributed by atoms with E-state index in [1.807, 2.05) is 30.3 Å². The van der Waals surface area contributed by atoms with Crippen LogP contribution in [0.5, 0.6) is 0 Å². The molecule has 0 spiro atoms. The van der Waals surface area contributed by atoms with Gasteiger partial charge >= 0.3 is 0 Å². The third kappa shape index (κ3) is 3.33. The summed E-state index contributed by atoms with van der Waals surface area (Å²) in [7, 11) is 0. The molecule has 1 aromatic carbocycles. The Morgan fingerprint density at radius 2 is 2.00 bits per heavy atom. The van der Waals surface area contributed by atoms with Crippen LogP contribution in [0.1, 0.15) is 26.4 Å². The predicted octanol–water partition coefficient (Wildman–Crippen LogP) is 2.05. The predicted molar refractivity (Wildman–Crippen MR) is 74.2 cm³/mol. The van der Waals surface area contributed by atoms with Gasteiger partial charge in [-0.25, -0.2) is 6.57 Å². The molecule has 5 heteroatoms. The Morgan fingerprint density at radius 3 is 2.70 bits per heavy atom. The summed E-state index contributed by atoms with van der Waals surface area (Å²) in [6, 6.07) is 11.0. The molecule has 1 heterocycles. The summed E-state index contributed by atoms with van der Waals surface area (Å²) in [6.07, 6.45) is 1.45. The second kappa shape index (κ2) is 6.34. The topological polar surface area (TPSA) is 66.3 Å². The first-order valence-electron chi connectivity index (χ1n) is 6.07. The lowest BCUT2D eigenvalue weighted by Gasteiger charge is -2.03. The van der Waals surface area contributed by atoms with Crippen molar-refractivity contribution in [1.29, 1.82) is 0 Å². The van der Waals surface area contributed by atoms with Crippen LogP contribution in [0.25, 0.3) is 4.85 Å². The minimum atomic E-state index is -0.293. The van der Waals surface area contributed by atoms with Crippen molar-refractivity contribution in [2.45, 2.75) is 6.54 Å². The zero-order valence-electron chi connectivity index (χ0n) is 10.7. The molecule has 1 amide bonds. The number of carbonyl (C=O) groups is 2. The van der Waals surface area contributed by atoms with E-state index < -0.39 is 0 Å². The van der Waals surface area contributed by atoms with E-state index in [1.54, 1.807) is 0 Å². The lowest BCUT2D eigenvalue weighted by Crippen LogP contribution is -2.23. The number of hydrogen-bond acceptors (Lipinski definition) is 2. The third-order valence-corrected chi connectivity index (χ3v) is 2.77. The number of carbonyl (C=O) groups excluding carboxylic acids is 2. The van der Waals surface area contributed by atoms with Gasteiger partial charge in [0.25, 0.3) is 12.5 Å². The molecule has 100 valence electrons. The smallest absolute Gasteiger partial charge is 0.276 e. The van der Waals surface area contributed by atoms with Crippen LogP contribution in [0, 0.1) is 6.57 Å². The van der Waals surface area contributed by atoms with Crippen molar-refractivity contribution in [2.75, 3.05) is 6.54 Å². The van der Waals surface area contributed by atoms with Crippen molar-refractivity contribution >= 4 is 11.7 Å². The summed E-state index contributed by atoms with van der Waals surface area (Å²) in [6.45, 7) is 6.86. The van der Waals surface area contributed by atoms with Gasteiger partial charge in [0.05, 0.1) is 0 Å². The van der Waals surface area contributed by atoms with Crippen LogP contribution in [0.2, 0.25) is 0 Å². The van der Waals surface area contributed by atoms with E-state index in [0.29, 0.717) is 17.8 Å². The van der Waals surface area contributed by atoms with Gasteiger partial charge < -0.3 is 15.1 Å². The van der Waals surface area contributed by atoms with Crippen LogP contribution in [0.4, 0.5) is 0 Å². The van der Waals surface area contributed by atoms with Gasteiger partial charge in [0.2, 0.25) is 5.78 Å². The summed E-state index contributed by atoms with van der Waals surface area (Å²) in [5.41, 5.74) is 1.66. The molecule has 2 rings (SSSR count). The Bertz CT molecular complexity index is 653. The standard InChI is InChI=1S/C15H13N3O2/c1-16-10-14(19)12-7-13(17-9-12)15(20)18-8-11-5-3-2-4-6-11/h2-7,9,17H,8,10H2,(H,18,20). The monoisotopic (exact) mass is 267 g/mol. The zero-order chi connectivity index (χ0) is 14.4. The Hall–Kier alpha value is -2.87. The first-order chi connectivity index (χ1) is 9.70. The maximum atomic E-state index is 11.9. The Labute approximate surface area is 116 Å². The Kier molecular flexibility index (Phi) is 4.30. The third-order valence-electron chi connectivity index (χ3n) is 2.77. The molecule has 0 saturated carbocycles. The number of H-pyrrole nitrogens is 1. The minimum Gasteiger partial charge on any atom is -0.356 e. The van der Waals surface area contributed by atoms with Crippen LogP contribution in [-0.2, 0) is 6.54 Å². The SMILES string of the molecule is [C-]#[N+]CC(=O)c1c[nH]c(C(=O)NCc2ccccc2)c1. The number of rotatable bonds is 5. The highest BCUT2D eigenvalue weighted by atomic mass is 16.2. The van der Waals surface area contributed by atoms with Crippen LogP contribution >= 0.6 is 0 Å². The summed E-state index contributed by atoms with van der Waals surface area (Å²) in [5, 5.41) is 2.76. The quantitative estimate of drug-likeness (QED) is 0.643. The maximum absolute atomic E-state index is 11.9. The van der Waals surface area contributed by atoms with Gasteiger partial charge in [-0.2, -0.15) is 0 Å². The molecule has 5 nitrogen and oxygen atoms in total. The second-order valence-electron chi connectivity index (χ2n) is 4.21. The van der Waals surface area contributed by atoms with Crippen LogP contribution < -0.4 is 5.32 Å². The number of aromatic amines is 1. The fourth-order valence-corrected chi connectivity index (χ4v) is 1.72. The first-order valence-corrected chi connectivity index (χ1v) is 6.07. The van der Waals surface area contributed by atoms with Crippen molar-refractivity contribution in [1.82, 2.24) is 10.3 Å². The number of nitrogens with one attached hydrogen (secondary N) is 2. The molecule has 0 unspecified atom stereocenters. The Balaban J connectivity index is 1.97. The normalized spacial score (nSPS) is 9.75. The zero-order valence-corrected chi connectivity index (χ0v) is 10.7. The molecule has 0 radical (unpaired) electrons. The highest BCUT2D eigenvalue weighted by molar-refractivity contribution is 6.01. The Morgan fingerprint density at radius 1 is 1.25 bits per heavy atom. The number of amides is 1. The average molecular weight is 267 g/mol. The number of hydrogen-bond donors (Lipinski definition) is 2. The molecule has 0 bridgehead atoms. The van der Waals surface area contributed by atoms with Gasteiger partial charge in [-0.1, -0.05) is 30.3 Å². The summed E-state index contributed by atoms with van der Waals surface area (Å²) in [5.74, 6) is -0.575. The van der Waals surface area contributed by atoms with E-state index >= 15 is 0 Å². The number of Topliss-reactive ketones (excluding diaryl/α,β-unsaturated/α-hetero) is 1. The number of aromatic nitrogens is 1. The van der Waals surface area contributed by atoms with E-state index in [-0.39, 0.29) is 18.2 Å². The molecule has 0 aliphatic heterocycles. The molecule has 0 fully saturated rings. The highest BCUT2D eigenvalue weighted by Gasteiger charge is 2.14. The van der Waals surface area contributed by atoms with E-state index in [9.17, 15) is 9.59 Å². The van der Waals surface area contributed by atoms with Crippen LogP contribution in [0.3, 0.4) is 0 Å². The number of ketones is 1. The molecule has 2 N–H and O–H groups in total. The average Bonchev–Trinajstić information content (AvgIpc) is 2.96. The minimum absolute atomic E-state index is 0.205. The molecule has 0 aliphatic carbocycles. The second-order valence-corrected chi connectivity index (χ2v) is 4.21. The number of nitrogens with zero attached hydrogens (tertiary/aromatic N) is 1. The lowest BCUT2D eigenvalue weighted by molar-refractivity contribution is 0.0946. The molecular formula is C15H13N3O2. The first kappa shape index (κ1) is 13.6. The highest BCUT2D eigenvalue weighted by Crippen LogP contribution is 2.06. The molecule has 2 aromatic rings.